The molecule has 0 radical (unpaired) electrons. The Morgan fingerprint density at radius 1 is 0.525 bits per heavy atom. The van der Waals surface area contributed by atoms with E-state index in [1.165, 1.54) is 96.3 Å². The third kappa shape index (κ3) is 18.3. The molecule has 1 heterocycles. The summed E-state index contributed by atoms with van der Waals surface area (Å²) in [6.45, 7) is 1.56. The first kappa shape index (κ1) is 35.0. The smallest absolute Gasteiger partial charge is 0.319 e. The number of hydrazine groups is 3. The van der Waals surface area contributed by atoms with Gasteiger partial charge >= 0.3 is 11.9 Å². The van der Waals surface area contributed by atoms with E-state index in [0.717, 1.165) is 64.3 Å². The van der Waals surface area contributed by atoms with Crippen molar-refractivity contribution in [3.05, 3.63) is 0 Å². The summed E-state index contributed by atoms with van der Waals surface area (Å²) in [7, 11) is 0. The number of nitrogens with one attached hydrogen (secondary N) is 2. The number of rotatable bonds is 5. The monoisotopic (exact) mass is 566 g/mol. The highest BCUT2D eigenvalue weighted by Crippen LogP contribution is 2.23. The van der Waals surface area contributed by atoms with E-state index < -0.39 is 11.9 Å². The fraction of sp³-hybridized carbons (Fsp3) is 0.938. The topological polar surface area (TPSA) is 105 Å². The molecule has 0 aromatic heterocycles. The zero-order chi connectivity index (χ0) is 28.7. The van der Waals surface area contributed by atoms with Gasteiger partial charge in [0.15, 0.2) is 0 Å². The first-order chi connectivity index (χ1) is 19.5. The lowest BCUT2D eigenvalue weighted by Crippen LogP contribution is -2.59. The van der Waals surface area contributed by atoms with Gasteiger partial charge in [-0.15, -0.1) is 0 Å². The quantitative estimate of drug-likeness (QED) is 0.272. The maximum Gasteiger partial charge on any atom is 0.319 e. The molecular formula is C32H62N4O4. The summed E-state index contributed by atoms with van der Waals surface area (Å²) in [5.41, 5.74) is 6.77. The summed E-state index contributed by atoms with van der Waals surface area (Å²) in [5, 5.41) is 23.1. The normalized spacial score (nSPS) is 25.2. The number of carboxylic acid groups (broad SMARTS) is 2. The highest BCUT2D eigenvalue weighted by atomic mass is 16.4. The molecule has 40 heavy (non-hydrogen) atoms. The largest absolute Gasteiger partial charge is 0.481 e. The van der Waals surface area contributed by atoms with Gasteiger partial charge in [-0.05, 0) is 44.4 Å². The highest BCUT2D eigenvalue weighted by molar-refractivity contribution is 5.69. The van der Waals surface area contributed by atoms with Crippen LogP contribution < -0.4 is 11.1 Å². The molecule has 1 saturated heterocycles. The van der Waals surface area contributed by atoms with Crippen LogP contribution in [-0.4, -0.2) is 57.8 Å². The van der Waals surface area contributed by atoms with Crippen LogP contribution in [0, 0.1) is 5.92 Å². The number of carboxylic acids is 2. The molecule has 8 nitrogen and oxygen atoms in total. The van der Waals surface area contributed by atoms with E-state index in [4.69, 9.17) is 0 Å². The molecular weight excluding hydrogens is 504 g/mol. The van der Waals surface area contributed by atoms with Crippen LogP contribution in [0.25, 0.3) is 0 Å². The Balaban J connectivity index is 2.04. The lowest BCUT2D eigenvalue weighted by molar-refractivity contribution is -0.140. The number of hydrogen-bond donors (Lipinski definition) is 4. The van der Waals surface area contributed by atoms with Gasteiger partial charge in [0.2, 0.25) is 0 Å². The van der Waals surface area contributed by atoms with Gasteiger partial charge in [0, 0.05) is 25.6 Å². The summed E-state index contributed by atoms with van der Waals surface area (Å²) in [5.74, 6) is -1.22. The Morgan fingerprint density at radius 2 is 0.950 bits per heavy atom. The van der Waals surface area contributed by atoms with Gasteiger partial charge < -0.3 is 10.2 Å². The van der Waals surface area contributed by atoms with Crippen molar-refractivity contribution in [2.24, 2.45) is 5.92 Å². The Kier molecular flexibility index (Phi) is 20.4. The zero-order valence-corrected chi connectivity index (χ0v) is 25.6. The van der Waals surface area contributed by atoms with Crippen molar-refractivity contribution < 1.29 is 19.8 Å². The fourth-order valence-electron chi connectivity index (χ4n) is 6.54. The van der Waals surface area contributed by atoms with Crippen LogP contribution >= 0.6 is 0 Å². The molecule has 1 aliphatic heterocycles. The number of carbonyl (C=O) groups is 2. The van der Waals surface area contributed by atoms with Gasteiger partial charge in [0.1, 0.15) is 6.54 Å². The second-order valence-corrected chi connectivity index (χ2v) is 12.6. The van der Waals surface area contributed by atoms with Gasteiger partial charge in [0.05, 0.1) is 0 Å². The molecule has 0 aromatic carbocycles. The summed E-state index contributed by atoms with van der Waals surface area (Å²) >= 11 is 0. The lowest BCUT2D eigenvalue weighted by Gasteiger charge is -2.35. The maximum absolute atomic E-state index is 11.6. The molecule has 2 rings (SSSR count). The molecule has 4 N–H and O–H groups in total. The molecule has 1 aliphatic carbocycles. The molecule has 0 amide bonds. The summed E-state index contributed by atoms with van der Waals surface area (Å²) in [4.78, 5) is 23.0. The Labute approximate surface area is 244 Å². The van der Waals surface area contributed by atoms with Crippen molar-refractivity contribution in [2.75, 3.05) is 19.6 Å². The van der Waals surface area contributed by atoms with Crippen molar-refractivity contribution in [3.8, 4) is 0 Å². The predicted molar refractivity (Wildman–Crippen MR) is 163 cm³/mol. The van der Waals surface area contributed by atoms with E-state index >= 15 is 0 Å². The van der Waals surface area contributed by atoms with Crippen LogP contribution in [0.2, 0.25) is 0 Å². The fourth-order valence-corrected chi connectivity index (χ4v) is 6.54. The number of aliphatic carboxylic acids is 2. The van der Waals surface area contributed by atoms with Gasteiger partial charge in [-0.25, -0.2) is 10.0 Å². The summed E-state index contributed by atoms with van der Waals surface area (Å²) in [6, 6.07) is 0.436. The lowest BCUT2D eigenvalue weighted by atomic mass is 9.92. The minimum absolute atomic E-state index is 0.0355. The minimum atomic E-state index is -0.823. The molecule has 0 aromatic rings. The standard InChI is InChI=1S/C32H62N4O4/c37-31(38)27-29-21-15-12-13-19-25-35(28-32(39)40)33-34-36(26-20-14-16-22-29)30-23-17-10-8-6-4-2-1-3-5-7-9-11-18-24-30/h29-30,33-34H,1-28H2,(H,37,38)(H,39,40). The maximum atomic E-state index is 11.6. The Morgan fingerprint density at radius 3 is 1.45 bits per heavy atom. The van der Waals surface area contributed by atoms with Crippen LogP contribution in [0.15, 0.2) is 0 Å². The molecule has 2 fully saturated rings. The van der Waals surface area contributed by atoms with Crippen molar-refractivity contribution in [1.29, 1.82) is 0 Å². The van der Waals surface area contributed by atoms with E-state index in [2.05, 4.69) is 16.1 Å². The summed E-state index contributed by atoms with van der Waals surface area (Å²) < 4.78 is 0. The average molecular weight is 567 g/mol. The predicted octanol–water partition coefficient (Wildman–Crippen LogP) is 7.45. The van der Waals surface area contributed by atoms with Crippen molar-refractivity contribution >= 4 is 11.9 Å². The van der Waals surface area contributed by atoms with Gasteiger partial charge in [-0.1, -0.05) is 116 Å². The van der Waals surface area contributed by atoms with Gasteiger partial charge in [0.25, 0.3) is 0 Å². The molecule has 8 heteroatoms. The Bertz CT molecular complexity index is 634. The molecule has 0 spiro atoms. The van der Waals surface area contributed by atoms with Crippen LogP contribution in [0.5, 0.6) is 0 Å². The van der Waals surface area contributed by atoms with Crippen molar-refractivity contribution in [2.45, 2.75) is 167 Å². The first-order valence-corrected chi connectivity index (χ1v) is 17.0. The molecule has 234 valence electrons. The van der Waals surface area contributed by atoms with Gasteiger partial charge in [-0.3, -0.25) is 9.59 Å². The van der Waals surface area contributed by atoms with Crippen LogP contribution in [0.1, 0.15) is 161 Å². The van der Waals surface area contributed by atoms with E-state index in [1.54, 1.807) is 0 Å². The molecule has 0 bridgehead atoms. The van der Waals surface area contributed by atoms with E-state index in [1.807, 2.05) is 5.01 Å². The molecule has 1 unspecified atom stereocenters. The SMILES string of the molecule is O=C(O)CC1CCCCCCN(CC(=O)O)NNN(C2CCCCCCCCCCCCCCC2)CCCCC1. The molecule has 2 aliphatic rings. The van der Waals surface area contributed by atoms with Crippen LogP contribution in [0.4, 0.5) is 0 Å². The van der Waals surface area contributed by atoms with Crippen LogP contribution in [0.3, 0.4) is 0 Å². The second-order valence-electron chi connectivity index (χ2n) is 12.6. The average Bonchev–Trinajstić information content (AvgIpc) is 2.90. The van der Waals surface area contributed by atoms with Gasteiger partial charge in [-0.2, -0.15) is 11.1 Å². The second kappa shape index (κ2) is 23.4. The number of hydrogen-bond acceptors (Lipinski definition) is 6. The third-order valence-corrected chi connectivity index (χ3v) is 8.96. The summed E-state index contributed by atoms with van der Waals surface area (Å²) in [6.07, 6.45) is 29.4. The molecule has 1 saturated carbocycles. The minimum Gasteiger partial charge on any atom is -0.481 e. The van der Waals surface area contributed by atoms with E-state index in [-0.39, 0.29) is 18.9 Å². The number of nitrogens with zero attached hydrogens (tertiary/aromatic N) is 2. The third-order valence-electron chi connectivity index (χ3n) is 8.96. The van der Waals surface area contributed by atoms with E-state index in [0.29, 0.717) is 12.6 Å². The first-order valence-electron chi connectivity index (χ1n) is 17.0. The molecule has 1 atom stereocenters. The Hall–Kier alpha value is -1.22. The van der Waals surface area contributed by atoms with Crippen molar-refractivity contribution in [1.82, 2.24) is 21.1 Å². The van der Waals surface area contributed by atoms with E-state index in [9.17, 15) is 19.8 Å². The zero-order valence-electron chi connectivity index (χ0n) is 25.6. The van der Waals surface area contributed by atoms with Crippen LogP contribution in [-0.2, 0) is 9.59 Å². The highest BCUT2D eigenvalue weighted by Gasteiger charge is 2.20. The van der Waals surface area contributed by atoms with Crippen molar-refractivity contribution in [3.63, 3.8) is 0 Å².